The van der Waals surface area contributed by atoms with Gasteiger partial charge < -0.3 is 14.9 Å². The quantitative estimate of drug-likeness (QED) is 0.516. The number of carbonyl (C=O) groups excluding carboxylic acids is 1. The van der Waals surface area contributed by atoms with Crippen LogP contribution in [0.1, 0.15) is 16.7 Å². The Bertz CT molecular complexity index is 1160. The largest absolute Gasteiger partial charge is 0.491 e. The summed E-state index contributed by atoms with van der Waals surface area (Å²) in [5.41, 5.74) is 9.33. The van der Waals surface area contributed by atoms with E-state index in [-0.39, 0.29) is 17.1 Å². The van der Waals surface area contributed by atoms with Crippen LogP contribution in [0.2, 0.25) is 0 Å². The molecule has 146 valence electrons. The Morgan fingerprint density at radius 2 is 2.07 bits per heavy atom. The fourth-order valence-electron chi connectivity index (χ4n) is 3.41. The summed E-state index contributed by atoms with van der Waals surface area (Å²) in [7, 11) is 0. The number of rotatable bonds is 2. The molecule has 4 rings (SSSR count). The van der Waals surface area contributed by atoms with E-state index in [9.17, 15) is 23.2 Å². The molecule has 29 heavy (non-hydrogen) atoms. The van der Waals surface area contributed by atoms with E-state index in [1.165, 1.54) is 24.5 Å². The number of hydrogen-bond acceptors (Lipinski definition) is 6. The summed E-state index contributed by atoms with van der Waals surface area (Å²) in [6.45, 7) is 0. The van der Waals surface area contributed by atoms with Crippen LogP contribution in [0.25, 0.3) is 22.6 Å². The van der Waals surface area contributed by atoms with Crippen molar-refractivity contribution < 1.29 is 27.1 Å². The number of nitrogens with zero attached hydrogens (tertiary/aromatic N) is 2. The summed E-state index contributed by atoms with van der Waals surface area (Å²) in [5, 5.41) is 9.53. The second-order valence-corrected chi connectivity index (χ2v) is 6.37. The predicted molar refractivity (Wildman–Crippen MR) is 95.6 cm³/mol. The van der Waals surface area contributed by atoms with Crippen LogP contribution in [-0.4, -0.2) is 17.1 Å². The molecule has 1 aromatic carbocycles. The minimum atomic E-state index is -5.08. The number of nitriles is 1. The molecular weight excluding hydrogens is 387 g/mol. The van der Waals surface area contributed by atoms with E-state index < -0.39 is 12.1 Å². The van der Waals surface area contributed by atoms with Gasteiger partial charge in [0.1, 0.15) is 29.0 Å². The molecule has 1 aliphatic rings. The molecule has 0 amide bonds. The van der Waals surface area contributed by atoms with Gasteiger partial charge in [0, 0.05) is 11.1 Å². The van der Waals surface area contributed by atoms with E-state index in [0.29, 0.717) is 41.0 Å². The number of hydrogen-bond donors (Lipinski definition) is 1. The number of ether oxygens (including phenoxy) is 1. The van der Waals surface area contributed by atoms with Crippen molar-refractivity contribution in [3.8, 4) is 34.4 Å². The standard InChI is InChI=1S/C20H12F3N3O3/c21-20(22,23)19(27)29-11-4-6-12-10(8-11)3-5-13-16(15-2-1-7-28-15)14(9-24)18(25)26-17(12)13/h1-2,4,6-8H,3,5H2,(H2,25,26). The normalized spacial score (nSPS) is 12.6. The maximum Gasteiger partial charge on any atom is 0.491 e. The van der Waals surface area contributed by atoms with Crippen molar-refractivity contribution in [2.75, 3.05) is 5.73 Å². The molecule has 0 saturated carbocycles. The molecule has 2 N–H and O–H groups in total. The molecule has 0 fully saturated rings. The first-order valence-corrected chi connectivity index (χ1v) is 8.48. The lowest BCUT2D eigenvalue weighted by atomic mass is 9.84. The van der Waals surface area contributed by atoms with E-state index >= 15 is 0 Å². The summed E-state index contributed by atoms with van der Waals surface area (Å²) in [4.78, 5) is 15.4. The van der Waals surface area contributed by atoms with Gasteiger partial charge in [-0.05, 0) is 54.3 Å². The second kappa shape index (κ2) is 6.67. The summed E-state index contributed by atoms with van der Waals surface area (Å²) >= 11 is 0. The fraction of sp³-hybridized carbons (Fsp3) is 0.150. The van der Waals surface area contributed by atoms with Gasteiger partial charge >= 0.3 is 12.1 Å². The van der Waals surface area contributed by atoms with Crippen molar-refractivity contribution in [1.82, 2.24) is 4.98 Å². The van der Waals surface area contributed by atoms with Gasteiger partial charge in [-0.1, -0.05) is 0 Å². The first-order chi connectivity index (χ1) is 13.8. The number of carbonyl (C=O) groups is 1. The number of pyridine rings is 1. The van der Waals surface area contributed by atoms with Crippen LogP contribution in [0.15, 0.2) is 41.0 Å². The molecule has 0 radical (unpaired) electrons. The van der Waals surface area contributed by atoms with Gasteiger partial charge in [-0.25, -0.2) is 9.78 Å². The zero-order valence-corrected chi connectivity index (χ0v) is 14.7. The van der Waals surface area contributed by atoms with Crippen molar-refractivity contribution in [1.29, 1.82) is 5.26 Å². The molecule has 0 spiro atoms. The van der Waals surface area contributed by atoms with Gasteiger partial charge in [0.05, 0.1) is 12.0 Å². The number of fused-ring (bicyclic) bond motifs is 3. The second-order valence-electron chi connectivity index (χ2n) is 6.37. The van der Waals surface area contributed by atoms with Gasteiger partial charge in [0.2, 0.25) is 0 Å². The average molecular weight is 399 g/mol. The zero-order chi connectivity index (χ0) is 20.8. The van der Waals surface area contributed by atoms with Crippen molar-refractivity contribution in [2.24, 2.45) is 0 Å². The number of nitrogens with two attached hydrogens (primary N) is 1. The number of furan rings is 1. The lowest BCUT2D eigenvalue weighted by Crippen LogP contribution is -2.28. The number of benzene rings is 1. The highest BCUT2D eigenvalue weighted by atomic mass is 19.4. The highest BCUT2D eigenvalue weighted by molar-refractivity contribution is 5.85. The third kappa shape index (κ3) is 3.18. The van der Waals surface area contributed by atoms with Crippen LogP contribution in [-0.2, 0) is 17.6 Å². The first kappa shape index (κ1) is 18.6. The Hall–Kier alpha value is -3.80. The van der Waals surface area contributed by atoms with E-state index in [1.807, 2.05) is 0 Å². The monoisotopic (exact) mass is 399 g/mol. The number of nitrogen functional groups attached to an aromatic ring is 1. The van der Waals surface area contributed by atoms with Gasteiger partial charge in [-0.15, -0.1) is 0 Å². The number of halogens is 3. The fourth-order valence-corrected chi connectivity index (χ4v) is 3.41. The highest BCUT2D eigenvalue weighted by Crippen LogP contribution is 2.42. The van der Waals surface area contributed by atoms with Gasteiger partial charge in [0.15, 0.2) is 0 Å². The van der Waals surface area contributed by atoms with Crippen LogP contribution in [0, 0.1) is 11.3 Å². The Balaban J connectivity index is 1.82. The molecular formula is C20H12F3N3O3. The zero-order valence-electron chi connectivity index (χ0n) is 14.7. The van der Waals surface area contributed by atoms with E-state index in [0.717, 1.165) is 5.56 Å². The smallest absolute Gasteiger partial charge is 0.464 e. The summed E-state index contributed by atoms with van der Waals surface area (Å²) < 4.78 is 47.2. The lowest BCUT2D eigenvalue weighted by Gasteiger charge is -2.23. The van der Waals surface area contributed by atoms with Crippen LogP contribution in [0.4, 0.5) is 19.0 Å². The maximum atomic E-state index is 12.4. The highest BCUT2D eigenvalue weighted by Gasteiger charge is 2.41. The molecule has 9 heteroatoms. The third-order valence-electron chi connectivity index (χ3n) is 4.62. The number of esters is 1. The SMILES string of the molecule is N#Cc1c(N)nc2c(c1-c1ccco1)CCc1cc(OC(=O)C(F)(F)F)ccc1-2. The van der Waals surface area contributed by atoms with E-state index in [2.05, 4.69) is 15.8 Å². The number of alkyl halides is 3. The molecule has 0 aliphatic heterocycles. The van der Waals surface area contributed by atoms with Crippen LogP contribution >= 0.6 is 0 Å². The predicted octanol–water partition coefficient (Wildman–Crippen LogP) is 4.03. The van der Waals surface area contributed by atoms with E-state index in [1.54, 1.807) is 12.1 Å². The molecule has 0 saturated heterocycles. The minimum absolute atomic E-state index is 0.0260. The summed E-state index contributed by atoms with van der Waals surface area (Å²) in [6.07, 6.45) is -2.69. The average Bonchev–Trinajstić information content (AvgIpc) is 3.20. The molecule has 0 atom stereocenters. The first-order valence-electron chi connectivity index (χ1n) is 8.48. The lowest BCUT2D eigenvalue weighted by molar-refractivity contribution is -0.189. The van der Waals surface area contributed by atoms with Crippen LogP contribution in [0.5, 0.6) is 5.75 Å². The van der Waals surface area contributed by atoms with Crippen LogP contribution in [0.3, 0.4) is 0 Å². The summed E-state index contributed by atoms with van der Waals surface area (Å²) in [5.74, 6) is -1.98. The number of aromatic nitrogens is 1. The minimum Gasteiger partial charge on any atom is -0.464 e. The van der Waals surface area contributed by atoms with Crippen molar-refractivity contribution in [3.63, 3.8) is 0 Å². The van der Waals surface area contributed by atoms with Crippen molar-refractivity contribution in [3.05, 3.63) is 53.3 Å². The summed E-state index contributed by atoms with van der Waals surface area (Å²) in [6, 6.07) is 9.63. The Morgan fingerprint density at radius 3 is 2.72 bits per heavy atom. The maximum absolute atomic E-state index is 12.4. The molecule has 3 aromatic rings. The van der Waals surface area contributed by atoms with Crippen molar-refractivity contribution in [2.45, 2.75) is 19.0 Å². The topological polar surface area (TPSA) is 102 Å². The van der Waals surface area contributed by atoms with Crippen LogP contribution < -0.4 is 10.5 Å². The number of aryl methyl sites for hydroxylation is 1. The van der Waals surface area contributed by atoms with Gasteiger partial charge in [0.25, 0.3) is 0 Å². The third-order valence-corrected chi connectivity index (χ3v) is 4.62. The Kier molecular flexibility index (Phi) is 4.27. The molecule has 2 heterocycles. The van der Waals surface area contributed by atoms with Gasteiger partial charge in [-0.2, -0.15) is 18.4 Å². The van der Waals surface area contributed by atoms with Crippen molar-refractivity contribution >= 4 is 11.8 Å². The molecule has 0 unspecified atom stereocenters. The molecule has 2 aromatic heterocycles. The molecule has 0 bridgehead atoms. The van der Waals surface area contributed by atoms with E-state index in [4.69, 9.17) is 10.2 Å². The Morgan fingerprint density at radius 1 is 1.28 bits per heavy atom. The Labute approximate surface area is 162 Å². The number of anilines is 1. The molecule has 1 aliphatic carbocycles. The molecule has 6 nitrogen and oxygen atoms in total. The van der Waals surface area contributed by atoms with Gasteiger partial charge in [-0.3, -0.25) is 0 Å².